The zero-order valence-electron chi connectivity index (χ0n) is 20.5. The van der Waals surface area contributed by atoms with Crippen LogP contribution in [0.25, 0.3) is 11.2 Å². The number of fused-ring (bicyclic) bond motifs is 2. The van der Waals surface area contributed by atoms with E-state index in [0.29, 0.717) is 24.3 Å². The van der Waals surface area contributed by atoms with Crippen molar-refractivity contribution in [2.45, 2.75) is 39.8 Å². The number of carbonyl (C=O) groups is 1. The van der Waals surface area contributed by atoms with Gasteiger partial charge in [0.05, 0.1) is 11.6 Å². The molecule has 1 N–H and O–H groups in total. The molecule has 0 saturated heterocycles. The maximum atomic E-state index is 13.0. The number of aromatic nitrogens is 4. The molecular formula is C27H30N6O2. The van der Waals surface area contributed by atoms with E-state index in [1.165, 1.54) is 0 Å². The maximum absolute atomic E-state index is 13.0. The van der Waals surface area contributed by atoms with Gasteiger partial charge in [-0.3, -0.25) is 18.9 Å². The van der Waals surface area contributed by atoms with Crippen LogP contribution < -0.4 is 15.9 Å². The number of pyridine rings is 2. The molecule has 4 heterocycles. The summed E-state index contributed by atoms with van der Waals surface area (Å²) in [6, 6.07) is 15.4. The van der Waals surface area contributed by atoms with E-state index in [0.717, 1.165) is 29.0 Å². The van der Waals surface area contributed by atoms with Gasteiger partial charge in [0.2, 0.25) is 0 Å². The van der Waals surface area contributed by atoms with Gasteiger partial charge < -0.3 is 10.2 Å². The average molecular weight is 471 g/mol. The molecule has 3 aromatic heterocycles. The van der Waals surface area contributed by atoms with Gasteiger partial charge in [-0.1, -0.05) is 39.0 Å². The Labute approximate surface area is 204 Å². The predicted octanol–water partition coefficient (Wildman–Crippen LogP) is 3.67. The molecule has 0 bridgehead atoms. The molecule has 0 spiro atoms. The van der Waals surface area contributed by atoms with Crippen LogP contribution in [0.2, 0.25) is 0 Å². The van der Waals surface area contributed by atoms with Crippen LogP contribution in [0.5, 0.6) is 0 Å². The minimum Gasteiger partial charge on any atom is -0.347 e. The third-order valence-corrected chi connectivity index (χ3v) is 6.30. The van der Waals surface area contributed by atoms with E-state index in [9.17, 15) is 9.59 Å². The van der Waals surface area contributed by atoms with E-state index in [2.05, 4.69) is 48.1 Å². The van der Waals surface area contributed by atoms with Crippen LogP contribution >= 0.6 is 0 Å². The summed E-state index contributed by atoms with van der Waals surface area (Å²) in [5, 5.41) is 3.17. The van der Waals surface area contributed by atoms with Crippen molar-refractivity contribution in [1.29, 1.82) is 0 Å². The monoisotopic (exact) mass is 470 g/mol. The molecule has 35 heavy (non-hydrogen) atoms. The molecule has 1 amide bonds. The van der Waals surface area contributed by atoms with Crippen molar-refractivity contribution < 1.29 is 4.79 Å². The van der Waals surface area contributed by atoms with Crippen LogP contribution in [0.3, 0.4) is 0 Å². The minimum absolute atomic E-state index is 0.0389. The zero-order valence-corrected chi connectivity index (χ0v) is 20.5. The van der Waals surface area contributed by atoms with Crippen LogP contribution in [-0.2, 0) is 20.0 Å². The number of para-hydroxylation sites is 1. The van der Waals surface area contributed by atoms with Gasteiger partial charge in [-0.05, 0) is 47.7 Å². The Morgan fingerprint density at radius 3 is 2.57 bits per heavy atom. The standard InChI is InChI=1S/C27H30N6O2/c1-27(2,3)17-33-22-9-10-23(30-24(22)31(4)26(33)35)32-16-20(15-19-7-5-6-8-21(19)32)29-25(34)18-11-13-28-14-12-18/h5-14,20H,15-17H2,1-4H3,(H,29,34). The summed E-state index contributed by atoms with van der Waals surface area (Å²) in [4.78, 5) is 36.9. The highest BCUT2D eigenvalue weighted by Gasteiger charge is 2.28. The molecule has 4 aromatic rings. The topological polar surface area (TPSA) is 85.0 Å². The highest BCUT2D eigenvalue weighted by Crippen LogP contribution is 2.33. The van der Waals surface area contributed by atoms with Crippen molar-refractivity contribution in [1.82, 2.24) is 24.4 Å². The number of aryl methyl sites for hydroxylation is 1. The zero-order chi connectivity index (χ0) is 24.7. The molecule has 8 heteroatoms. The van der Waals surface area contributed by atoms with Crippen molar-refractivity contribution >= 4 is 28.6 Å². The molecular weight excluding hydrogens is 440 g/mol. The summed E-state index contributed by atoms with van der Waals surface area (Å²) >= 11 is 0. The lowest BCUT2D eigenvalue weighted by Gasteiger charge is -2.35. The molecule has 0 fully saturated rings. The molecule has 8 nitrogen and oxygen atoms in total. The van der Waals surface area contributed by atoms with Gasteiger partial charge in [-0.15, -0.1) is 0 Å². The van der Waals surface area contributed by atoms with Crippen molar-refractivity contribution in [2.75, 3.05) is 11.4 Å². The number of imidazole rings is 1. The number of carbonyl (C=O) groups excluding carboxylic acids is 1. The number of nitrogens with zero attached hydrogens (tertiary/aromatic N) is 5. The first-order valence-electron chi connectivity index (χ1n) is 11.8. The molecule has 180 valence electrons. The minimum atomic E-state index is -0.123. The molecule has 1 atom stereocenters. The molecule has 1 unspecified atom stereocenters. The Morgan fingerprint density at radius 2 is 1.83 bits per heavy atom. The molecule has 1 aromatic carbocycles. The van der Waals surface area contributed by atoms with E-state index in [1.807, 2.05) is 24.3 Å². The Morgan fingerprint density at radius 1 is 1.09 bits per heavy atom. The summed E-state index contributed by atoms with van der Waals surface area (Å²) in [5.41, 5.74) is 4.15. The fourth-order valence-corrected chi connectivity index (χ4v) is 4.72. The average Bonchev–Trinajstić information content (AvgIpc) is 3.07. The van der Waals surface area contributed by atoms with Gasteiger partial charge >= 0.3 is 5.69 Å². The fraction of sp³-hybridized carbons (Fsp3) is 0.333. The van der Waals surface area contributed by atoms with Gasteiger partial charge in [-0.25, -0.2) is 9.78 Å². The van der Waals surface area contributed by atoms with Gasteiger partial charge in [0, 0.05) is 43.8 Å². The first-order valence-corrected chi connectivity index (χ1v) is 11.8. The first kappa shape index (κ1) is 22.8. The Kier molecular flexibility index (Phi) is 5.67. The smallest absolute Gasteiger partial charge is 0.330 e. The largest absolute Gasteiger partial charge is 0.347 e. The molecule has 0 radical (unpaired) electrons. The Hall–Kier alpha value is -3.94. The van der Waals surface area contributed by atoms with Gasteiger partial charge in [0.15, 0.2) is 5.65 Å². The number of hydrogen-bond donors (Lipinski definition) is 1. The molecule has 5 rings (SSSR count). The summed E-state index contributed by atoms with van der Waals surface area (Å²) in [6.45, 7) is 7.53. The van der Waals surface area contributed by atoms with E-state index >= 15 is 0 Å². The highest BCUT2D eigenvalue weighted by molar-refractivity contribution is 5.94. The predicted molar refractivity (Wildman–Crippen MR) is 137 cm³/mol. The summed E-state index contributed by atoms with van der Waals surface area (Å²) in [7, 11) is 1.77. The van der Waals surface area contributed by atoms with E-state index in [1.54, 1.807) is 40.7 Å². The van der Waals surface area contributed by atoms with Gasteiger partial charge in [-0.2, -0.15) is 0 Å². The van der Waals surface area contributed by atoms with E-state index < -0.39 is 0 Å². The Balaban J connectivity index is 1.51. The lowest BCUT2D eigenvalue weighted by molar-refractivity contribution is 0.0937. The fourth-order valence-electron chi connectivity index (χ4n) is 4.72. The first-order chi connectivity index (χ1) is 16.7. The van der Waals surface area contributed by atoms with Crippen LogP contribution in [-0.4, -0.2) is 37.6 Å². The quantitative estimate of drug-likeness (QED) is 0.492. The Bertz CT molecular complexity index is 1450. The highest BCUT2D eigenvalue weighted by atomic mass is 16.2. The third-order valence-electron chi connectivity index (χ3n) is 6.30. The molecule has 1 aliphatic heterocycles. The maximum Gasteiger partial charge on any atom is 0.330 e. The SMILES string of the molecule is Cn1c(=O)n(CC(C)(C)C)c2ccc(N3CC(NC(=O)c4ccncc4)Cc4ccccc43)nc21. The normalized spacial score (nSPS) is 15.8. The summed E-state index contributed by atoms with van der Waals surface area (Å²) in [6.07, 6.45) is 3.96. The van der Waals surface area contributed by atoms with E-state index in [4.69, 9.17) is 4.98 Å². The number of benzene rings is 1. The van der Waals surface area contributed by atoms with Crippen molar-refractivity contribution in [3.63, 3.8) is 0 Å². The second-order valence-corrected chi connectivity index (χ2v) is 10.4. The lowest BCUT2D eigenvalue weighted by Crippen LogP contribution is -2.47. The van der Waals surface area contributed by atoms with Gasteiger partial charge in [0.1, 0.15) is 5.82 Å². The number of anilines is 2. The number of rotatable bonds is 4. The van der Waals surface area contributed by atoms with Crippen molar-refractivity contribution in [3.05, 3.63) is 82.5 Å². The van der Waals surface area contributed by atoms with Gasteiger partial charge in [0.25, 0.3) is 5.91 Å². The van der Waals surface area contributed by atoms with Crippen LogP contribution in [0, 0.1) is 5.41 Å². The van der Waals surface area contributed by atoms with Crippen LogP contribution in [0.15, 0.2) is 65.7 Å². The number of nitrogens with one attached hydrogen (secondary N) is 1. The third kappa shape index (κ3) is 4.43. The second kappa shape index (κ2) is 8.69. The lowest BCUT2D eigenvalue weighted by atomic mass is 9.97. The second-order valence-electron chi connectivity index (χ2n) is 10.4. The van der Waals surface area contributed by atoms with Crippen LogP contribution in [0.1, 0.15) is 36.7 Å². The summed E-state index contributed by atoms with van der Waals surface area (Å²) < 4.78 is 3.41. The van der Waals surface area contributed by atoms with Crippen molar-refractivity contribution in [2.24, 2.45) is 12.5 Å². The molecule has 1 aliphatic rings. The molecule has 0 aliphatic carbocycles. The number of hydrogen-bond acceptors (Lipinski definition) is 5. The van der Waals surface area contributed by atoms with Crippen molar-refractivity contribution in [3.8, 4) is 0 Å². The van der Waals surface area contributed by atoms with Crippen LogP contribution in [0.4, 0.5) is 11.5 Å². The van der Waals surface area contributed by atoms with E-state index in [-0.39, 0.29) is 23.1 Å². The molecule has 0 saturated carbocycles. The summed E-state index contributed by atoms with van der Waals surface area (Å²) in [5.74, 6) is 0.623. The number of amides is 1.